The molecule has 0 aliphatic rings. The Morgan fingerprint density at radius 3 is 2.90 bits per heavy atom. The van der Waals surface area contributed by atoms with Gasteiger partial charge < -0.3 is 10.6 Å². The molecule has 102 valence electrons. The summed E-state index contributed by atoms with van der Waals surface area (Å²) in [6, 6.07) is 5.89. The van der Waals surface area contributed by atoms with Crippen molar-refractivity contribution in [1.82, 2.24) is 24.7 Å². The van der Waals surface area contributed by atoms with Crippen LogP contribution in [0.4, 0.5) is 11.9 Å². The highest BCUT2D eigenvalue weighted by atomic mass is 32.1. The maximum Gasteiger partial charge on any atom is 0.257 e. The molecule has 0 fully saturated rings. The monoisotopic (exact) mass is 287 g/mol. The smallest absolute Gasteiger partial charge is 0.257 e. The number of nitrogens with zero attached hydrogens (tertiary/aromatic N) is 6. The fourth-order valence-corrected chi connectivity index (χ4v) is 2.49. The molecule has 0 unspecified atom stereocenters. The predicted octanol–water partition coefficient (Wildman–Crippen LogP) is 1.34. The molecule has 3 rings (SSSR count). The van der Waals surface area contributed by atoms with Crippen LogP contribution in [0.15, 0.2) is 36.0 Å². The molecule has 0 aromatic carbocycles. The molecule has 0 saturated carbocycles. The molecule has 0 aliphatic carbocycles. The Morgan fingerprint density at radius 1 is 1.30 bits per heavy atom. The van der Waals surface area contributed by atoms with Gasteiger partial charge in [-0.1, -0.05) is 6.07 Å². The van der Waals surface area contributed by atoms with Crippen molar-refractivity contribution < 1.29 is 0 Å². The van der Waals surface area contributed by atoms with Crippen molar-refractivity contribution in [2.75, 3.05) is 17.7 Å². The van der Waals surface area contributed by atoms with Crippen LogP contribution in [-0.2, 0) is 6.54 Å². The first kappa shape index (κ1) is 12.5. The van der Waals surface area contributed by atoms with Crippen molar-refractivity contribution in [2.45, 2.75) is 6.54 Å². The summed E-state index contributed by atoms with van der Waals surface area (Å²) < 4.78 is 1.56. The fourth-order valence-electron chi connectivity index (χ4n) is 1.74. The normalized spacial score (nSPS) is 10.7. The Balaban J connectivity index is 1.89. The zero-order chi connectivity index (χ0) is 13.9. The van der Waals surface area contributed by atoms with Crippen LogP contribution >= 0.6 is 11.3 Å². The van der Waals surface area contributed by atoms with E-state index in [0.29, 0.717) is 11.9 Å². The van der Waals surface area contributed by atoms with Crippen LogP contribution < -0.4 is 10.6 Å². The molecule has 0 radical (unpaired) electrons. The van der Waals surface area contributed by atoms with Crippen molar-refractivity contribution in [3.63, 3.8) is 0 Å². The van der Waals surface area contributed by atoms with Gasteiger partial charge in [0.25, 0.3) is 5.95 Å². The zero-order valence-corrected chi connectivity index (χ0v) is 11.7. The van der Waals surface area contributed by atoms with Gasteiger partial charge in [0.2, 0.25) is 11.9 Å². The van der Waals surface area contributed by atoms with Crippen molar-refractivity contribution in [1.29, 1.82) is 0 Å². The predicted molar refractivity (Wildman–Crippen MR) is 77.8 cm³/mol. The third kappa shape index (κ3) is 2.59. The molecule has 7 nitrogen and oxygen atoms in total. The van der Waals surface area contributed by atoms with Crippen molar-refractivity contribution >= 4 is 23.2 Å². The molecule has 0 atom stereocenters. The third-order valence-electron chi connectivity index (χ3n) is 2.65. The minimum Gasteiger partial charge on any atom is -0.368 e. The van der Waals surface area contributed by atoms with Crippen molar-refractivity contribution in [3.8, 4) is 5.95 Å². The van der Waals surface area contributed by atoms with Crippen LogP contribution in [0.1, 0.15) is 4.88 Å². The Kier molecular flexibility index (Phi) is 3.30. The highest BCUT2D eigenvalue weighted by molar-refractivity contribution is 7.09. The molecule has 0 aliphatic heterocycles. The maximum atomic E-state index is 5.75. The number of nitrogens with two attached hydrogens (primary N) is 1. The molecule has 20 heavy (non-hydrogen) atoms. The van der Waals surface area contributed by atoms with E-state index in [1.54, 1.807) is 34.5 Å². The lowest BCUT2D eigenvalue weighted by Crippen LogP contribution is -2.21. The maximum absolute atomic E-state index is 5.75. The Labute approximate surface area is 119 Å². The summed E-state index contributed by atoms with van der Waals surface area (Å²) in [4.78, 5) is 15.8. The molecule has 8 heteroatoms. The molecule has 2 N–H and O–H groups in total. The summed E-state index contributed by atoms with van der Waals surface area (Å²) in [7, 11) is 1.92. The standard InChI is InChI=1S/C12H13N7S/c1-18(8-9-4-2-7-20-9)11-15-10(13)16-12(17-11)19-6-3-5-14-19/h2-7H,8H2,1H3,(H2,13,15,16,17). The van der Waals surface area contributed by atoms with Gasteiger partial charge in [-0.05, 0) is 17.5 Å². The van der Waals surface area contributed by atoms with Crippen molar-refractivity contribution in [3.05, 3.63) is 40.8 Å². The zero-order valence-electron chi connectivity index (χ0n) is 10.8. The highest BCUT2D eigenvalue weighted by Crippen LogP contribution is 2.16. The van der Waals surface area contributed by atoms with E-state index in [2.05, 4.69) is 26.1 Å². The van der Waals surface area contributed by atoms with E-state index < -0.39 is 0 Å². The Morgan fingerprint density at radius 2 is 2.20 bits per heavy atom. The number of thiophene rings is 1. The average molecular weight is 287 g/mol. The van der Waals surface area contributed by atoms with Crippen LogP contribution in [0.2, 0.25) is 0 Å². The minimum atomic E-state index is 0.179. The van der Waals surface area contributed by atoms with Crippen LogP contribution in [0.3, 0.4) is 0 Å². The van der Waals surface area contributed by atoms with Gasteiger partial charge in [-0.2, -0.15) is 20.1 Å². The Bertz CT molecular complexity index is 678. The molecule has 0 spiro atoms. The molecule has 0 saturated heterocycles. The van der Waals surface area contributed by atoms with Crippen LogP contribution in [0, 0.1) is 0 Å². The van der Waals surface area contributed by atoms with E-state index >= 15 is 0 Å². The first-order valence-corrected chi connectivity index (χ1v) is 6.85. The number of nitrogen functional groups attached to an aromatic ring is 1. The van der Waals surface area contributed by atoms with Gasteiger partial charge >= 0.3 is 0 Å². The first-order chi connectivity index (χ1) is 9.72. The van der Waals surface area contributed by atoms with E-state index in [9.17, 15) is 0 Å². The van der Waals surface area contributed by atoms with E-state index in [4.69, 9.17) is 5.73 Å². The largest absolute Gasteiger partial charge is 0.368 e. The van der Waals surface area contributed by atoms with E-state index in [1.165, 1.54) is 4.88 Å². The lowest BCUT2D eigenvalue weighted by Gasteiger charge is -2.16. The van der Waals surface area contributed by atoms with E-state index in [0.717, 1.165) is 6.54 Å². The lowest BCUT2D eigenvalue weighted by molar-refractivity contribution is 0.779. The molecule has 3 aromatic heterocycles. The van der Waals surface area contributed by atoms with Crippen LogP contribution in [0.5, 0.6) is 0 Å². The third-order valence-corrected chi connectivity index (χ3v) is 3.51. The number of aromatic nitrogens is 5. The topological polar surface area (TPSA) is 85.8 Å². The first-order valence-electron chi connectivity index (χ1n) is 5.97. The molecule has 3 heterocycles. The molecular formula is C12H13N7S. The number of rotatable bonds is 4. The molecule has 3 aromatic rings. The summed E-state index contributed by atoms with van der Waals surface area (Å²) in [6.45, 7) is 0.722. The second-order valence-electron chi connectivity index (χ2n) is 4.18. The summed E-state index contributed by atoms with van der Waals surface area (Å²) in [5.74, 6) is 1.12. The summed E-state index contributed by atoms with van der Waals surface area (Å²) in [6.07, 6.45) is 3.42. The SMILES string of the molecule is CN(Cc1cccs1)c1nc(N)nc(-n2cccn2)n1. The van der Waals surface area contributed by atoms with Gasteiger partial charge in [0.1, 0.15) is 0 Å². The van der Waals surface area contributed by atoms with E-state index in [1.807, 2.05) is 23.4 Å². The second kappa shape index (κ2) is 5.25. The number of hydrogen-bond acceptors (Lipinski definition) is 7. The van der Waals surface area contributed by atoms with Gasteiger partial charge in [0.15, 0.2) is 0 Å². The summed E-state index contributed by atoms with van der Waals surface area (Å²) in [5.41, 5.74) is 5.75. The molecule has 0 amide bonds. The van der Waals surface area contributed by atoms with Gasteiger partial charge in [0.05, 0.1) is 6.54 Å². The van der Waals surface area contributed by atoms with Crippen LogP contribution in [0.25, 0.3) is 5.95 Å². The minimum absolute atomic E-state index is 0.179. The van der Waals surface area contributed by atoms with E-state index in [-0.39, 0.29) is 5.95 Å². The molecular weight excluding hydrogens is 274 g/mol. The van der Waals surface area contributed by atoms with Gasteiger partial charge in [-0.15, -0.1) is 11.3 Å². The van der Waals surface area contributed by atoms with Crippen LogP contribution in [-0.4, -0.2) is 31.8 Å². The molecule has 0 bridgehead atoms. The second-order valence-corrected chi connectivity index (χ2v) is 5.21. The Hall–Kier alpha value is -2.48. The highest BCUT2D eigenvalue weighted by Gasteiger charge is 2.11. The number of hydrogen-bond donors (Lipinski definition) is 1. The van der Waals surface area contributed by atoms with Crippen molar-refractivity contribution in [2.24, 2.45) is 0 Å². The lowest BCUT2D eigenvalue weighted by atomic mass is 10.4. The summed E-state index contributed by atoms with van der Waals surface area (Å²) in [5, 5.41) is 6.14. The number of anilines is 2. The summed E-state index contributed by atoms with van der Waals surface area (Å²) >= 11 is 1.69. The van der Waals surface area contributed by atoms with Gasteiger partial charge in [0, 0.05) is 24.3 Å². The van der Waals surface area contributed by atoms with Gasteiger partial charge in [-0.25, -0.2) is 4.68 Å². The fraction of sp³-hybridized carbons (Fsp3) is 0.167. The quantitative estimate of drug-likeness (QED) is 0.779. The average Bonchev–Trinajstić information content (AvgIpc) is 3.11. The van der Waals surface area contributed by atoms with Gasteiger partial charge in [-0.3, -0.25) is 0 Å².